The van der Waals surface area contributed by atoms with Crippen LogP contribution in [0.15, 0.2) is 0 Å². The van der Waals surface area contributed by atoms with Crippen LogP contribution >= 0.6 is 0 Å². The van der Waals surface area contributed by atoms with Crippen molar-refractivity contribution in [3.63, 3.8) is 0 Å². The van der Waals surface area contributed by atoms with Gasteiger partial charge in [0.05, 0.1) is 6.61 Å². The van der Waals surface area contributed by atoms with Crippen LogP contribution in [0.4, 0.5) is 0 Å². The molecule has 0 bridgehead atoms. The highest BCUT2D eigenvalue weighted by atomic mass is 16.6. The molecular weight excluding hydrogens is 192 g/mol. The summed E-state index contributed by atoms with van der Waals surface area (Å²) in [6.45, 7) is 1.93. The van der Waals surface area contributed by atoms with Gasteiger partial charge < -0.3 is 30.3 Å². The normalized spacial score (nSPS) is 54.6. The summed E-state index contributed by atoms with van der Waals surface area (Å²) in [5.41, 5.74) is -3.41. The molecule has 6 heteroatoms. The van der Waals surface area contributed by atoms with E-state index in [-0.39, 0.29) is 0 Å². The largest absolute Gasteiger partial charge is 0.393 e. The molecule has 0 saturated carbocycles. The van der Waals surface area contributed by atoms with E-state index < -0.39 is 36.3 Å². The molecule has 0 aromatic rings. The van der Waals surface area contributed by atoms with E-state index in [4.69, 9.17) is 9.84 Å². The summed E-state index contributed by atoms with van der Waals surface area (Å²) in [6, 6.07) is 0. The zero-order valence-corrected chi connectivity index (χ0v) is 8.08. The Kier molecular flexibility index (Phi) is 2.88. The molecule has 5 atom stereocenters. The first-order chi connectivity index (χ1) is 6.25. The van der Waals surface area contributed by atoms with Gasteiger partial charge in [-0.1, -0.05) is 0 Å². The fourth-order valence-electron chi connectivity index (χ4n) is 1.60. The van der Waals surface area contributed by atoms with Crippen LogP contribution in [0.3, 0.4) is 0 Å². The van der Waals surface area contributed by atoms with E-state index in [1.54, 1.807) is 0 Å². The van der Waals surface area contributed by atoms with Gasteiger partial charge in [0, 0.05) is 0 Å². The monoisotopic (exact) mass is 208 g/mol. The summed E-state index contributed by atoms with van der Waals surface area (Å²) in [4.78, 5) is 0. The summed E-state index contributed by atoms with van der Waals surface area (Å²) in [5.74, 6) is 0. The molecule has 1 aliphatic heterocycles. The second kappa shape index (κ2) is 3.41. The second-order valence-corrected chi connectivity index (χ2v) is 4.05. The number of aliphatic hydroxyl groups is 5. The molecule has 0 radical (unpaired) electrons. The van der Waals surface area contributed by atoms with Crippen molar-refractivity contribution >= 4 is 0 Å². The van der Waals surface area contributed by atoms with Gasteiger partial charge in [-0.05, 0) is 13.8 Å². The number of hydrogen-bond donors (Lipinski definition) is 5. The van der Waals surface area contributed by atoms with E-state index in [1.807, 2.05) is 0 Å². The van der Waals surface area contributed by atoms with Crippen LogP contribution in [0.1, 0.15) is 13.8 Å². The predicted molar refractivity (Wildman–Crippen MR) is 45.2 cm³/mol. The first-order valence-electron chi connectivity index (χ1n) is 4.31. The van der Waals surface area contributed by atoms with Crippen LogP contribution in [0.25, 0.3) is 0 Å². The zero-order chi connectivity index (χ0) is 11.1. The molecule has 1 heterocycles. The zero-order valence-electron chi connectivity index (χ0n) is 8.08. The van der Waals surface area contributed by atoms with E-state index in [9.17, 15) is 20.4 Å². The van der Waals surface area contributed by atoms with Crippen molar-refractivity contribution in [2.45, 2.75) is 43.5 Å². The van der Waals surface area contributed by atoms with Gasteiger partial charge in [-0.3, -0.25) is 0 Å². The van der Waals surface area contributed by atoms with Crippen LogP contribution in [-0.2, 0) is 4.74 Å². The molecule has 1 fully saturated rings. The lowest BCUT2D eigenvalue weighted by molar-refractivity contribution is -0.348. The minimum absolute atomic E-state index is 0.575. The van der Waals surface area contributed by atoms with Crippen molar-refractivity contribution in [3.8, 4) is 0 Å². The molecule has 5 unspecified atom stereocenters. The predicted octanol–water partition coefficient (Wildman–Crippen LogP) is -2.44. The summed E-state index contributed by atoms with van der Waals surface area (Å²) in [6.07, 6.45) is -4.74. The molecule has 1 rings (SSSR count). The van der Waals surface area contributed by atoms with Crippen molar-refractivity contribution in [1.29, 1.82) is 0 Å². The lowest BCUT2D eigenvalue weighted by atomic mass is 9.79. The van der Waals surface area contributed by atoms with Gasteiger partial charge >= 0.3 is 0 Å². The SMILES string of the molecule is CC1(CO)OC(O)C(O)C(C)(O)C1O. The van der Waals surface area contributed by atoms with Gasteiger partial charge in [-0.25, -0.2) is 0 Å². The van der Waals surface area contributed by atoms with E-state index in [1.165, 1.54) is 13.8 Å². The third-order valence-electron chi connectivity index (χ3n) is 2.70. The number of rotatable bonds is 1. The van der Waals surface area contributed by atoms with Crippen LogP contribution in [0.2, 0.25) is 0 Å². The number of ether oxygens (including phenoxy) is 1. The number of hydrogen-bond acceptors (Lipinski definition) is 6. The molecule has 0 aliphatic carbocycles. The molecule has 6 nitrogen and oxygen atoms in total. The van der Waals surface area contributed by atoms with Gasteiger partial charge in [0.25, 0.3) is 0 Å². The lowest BCUT2D eigenvalue weighted by Crippen LogP contribution is -2.70. The van der Waals surface area contributed by atoms with Crippen molar-refractivity contribution in [1.82, 2.24) is 0 Å². The molecule has 84 valence electrons. The van der Waals surface area contributed by atoms with Gasteiger partial charge in [-0.15, -0.1) is 0 Å². The van der Waals surface area contributed by atoms with Gasteiger partial charge in [-0.2, -0.15) is 0 Å². The Bertz CT molecular complexity index is 213. The Morgan fingerprint density at radius 2 is 1.71 bits per heavy atom. The minimum Gasteiger partial charge on any atom is -0.393 e. The summed E-state index contributed by atoms with van der Waals surface area (Å²) >= 11 is 0. The Labute approximate surface area is 81.4 Å². The molecule has 5 N–H and O–H groups in total. The molecule has 0 aromatic heterocycles. The van der Waals surface area contributed by atoms with Gasteiger partial charge in [0.1, 0.15) is 23.4 Å². The topological polar surface area (TPSA) is 110 Å². The van der Waals surface area contributed by atoms with E-state index in [0.717, 1.165) is 0 Å². The summed E-state index contributed by atoms with van der Waals surface area (Å²) in [7, 11) is 0. The quantitative estimate of drug-likeness (QED) is 0.327. The molecule has 0 spiro atoms. The molecule has 0 amide bonds. The standard InChI is InChI=1S/C8H16O6/c1-7(3-9)6(12)8(2,13)4(10)5(11)14-7/h4-6,9-13H,3H2,1-2H3. The summed E-state index contributed by atoms with van der Waals surface area (Å²) < 4.78 is 4.83. The Morgan fingerprint density at radius 1 is 1.21 bits per heavy atom. The van der Waals surface area contributed by atoms with E-state index in [0.29, 0.717) is 0 Å². The van der Waals surface area contributed by atoms with Crippen LogP contribution in [0, 0.1) is 0 Å². The third kappa shape index (κ3) is 1.54. The maximum Gasteiger partial charge on any atom is 0.184 e. The van der Waals surface area contributed by atoms with Crippen molar-refractivity contribution < 1.29 is 30.3 Å². The maximum atomic E-state index is 9.70. The van der Waals surface area contributed by atoms with E-state index in [2.05, 4.69) is 0 Å². The summed E-state index contributed by atoms with van der Waals surface area (Å²) in [5, 5.41) is 46.9. The highest BCUT2D eigenvalue weighted by molar-refractivity contribution is 5.04. The Morgan fingerprint density at radius 3 is 2.14 bits per heavy atom. The van der Waals surface area contributed by atoms with Crippen molar-refractivity contribution in [2.24, 2.45) is 0 Å². The Hall–Kier alpha value is -0.240. The fourth-order valence-corrected chi connectivity index (χ4v) is 1.60. The lowest BCUT2D eigenvalue weighted by Gasteiger charge is -2.49. The average molecular weight is 208 g/mol. The first kappa shape index (κ1) is 11.8. The molecular formula is C8H16O6. The van der Waals surface area contributed by atoms with Gasteiger partial charge in [0.2, 0.25) is 0 Å². The Balaban J connectivity index is 2.99. The highest BCUT2D eigenvalue weighted by Crippen LogP contribution is 2.35. The molecule has 14 heavy (non-hydrogen) atoms. The van der Waals surface area contributed by atoms with Crippen molar-refractivity contribution in [2.75, 3.05) is 6.61 Å². The van der Waals surface area contributed by atoms with Crippen molar-refractivity contribution in [3.05, 3.63) is 0 Å². The average Bonchev–Trinajstić information content (AvgIpc) is 2.13. The third-order valence-corrected chi connectivity index (χ3v) is 2.70. The fraction of sp³-hybridized carbons (Fsp3) is 1.00. The molecule has 0 aromatic carbocycles. The van der Waals surface area contributed by atoms with Crippen LogP contribution < -0.4 is 0 Å². The minimum atomic E-state index is -1.92. The van der Waals surface area contributed by atoms with Crippen LogP contribution in [-0.4, -0.2) is 61.8 Å². The number of aliphatic hydroxyl groups excluding tert-OH is 4. The highest BCUT2D eigenvalue weighted by Gasteiger charge is 2.57. The smallest absolute Gasteiger partial charge is 0.184 e. The maximum absolute atomic E-state index is 9.70. The second-order valence-electron chi connectivity index (χ2n) is 4.05. The first-order valence-corrected chi connectivity index (χ1v) is 4.31. The molecule has 1 aliphatic rings. The van der Waals surface area contributed by atoms with Gasteiger partial charge in [0.15, 0.2) is 6.29 Å². The van der Waals surface area contributed by atoms with E-state index >= 15 is 0 Å². The van der Waals surface area contributed by atoms with Crippen LogP contribution in [0.5, 0.6) is 0 Å². The molecule has 1 saturated heterocycles.